The first-order valence-corrected chi connectivity index (χ1v) is 8.04. The molecule has 6 heteroatoms. The standard InChI is InChI=1S/C12H18BrNO3S/c1-9-8-11(5-6-12(9)13)18(16,17)14-10(2)4-3-7-15/h5-6,8,10,14-15H,3-4,7H2,1-2H3. The molecule has 4 nitrogen and oxygen atoms in total. The molecular weight excluding hydrogens is 318 g/mol. The van der Waals surface area contributed by atoms with Crippen LogP contribution in [0.5, 0.6) is 0 Å². The van der Waals surface area contributed by atoms with Crippen LogP contribution in [0.4, 0.5) is 0 Å². The molecule has 1 unspecified atom stereocenters. The number of nitrogens with one attached hydrogen (secondary N) is 1. The summed E-state index contributed by atoms with van der Waals surface area (Å²) in [5, 5.41) is 8.71. The van der Waals surface area contributed by atoms with Crippen molar-refractivity contribution >= 4 is 26.0 Å². The molecule has 0 aliphatic rings. The molecule has 0 aliphatic heterocycles. The molecule has 0 saturated heterocycles. The van der Waals surface area contributed by atoms with Gasteiger partial charge in [-0.15, -0.1) is 0 Å². The highest BCUT2D eigenvalue weighted by molar-refractivity contribution is 9.10. The van der Waals surface area contributed by atoms with Gasteiger partial charge in [0.1, 0.15) is 0 Å². The molecule has 1 atom stereocenters. The zero-order valence-electron chi connectivity index (χ0n) is 10.5. The van der Waals surface area contributed by atoms with Gasteiger partial charge in [-0.1, -0.05) is 15.9 Å². The van der Waals surface area contributed by atoms with Crippen molar-refractivity contribution in [2.45, 2.75) is 37.6 Å². The second-order valence-electron chi connectivity index (χ2n) is 4.30. The average Bonchev–Trinajstić information content (AvgIpc) is 2.29. The molecule has 0 heterocycles. The van der Waals surface area contributed by atoms with Gasteiger partial charge in [0.05, 0.1) is 4.90 Å². The zero-order chi connectivity index (χ0) is 13.8. The Kier molecular flexibility index (Phi) is 5.78. The topological polar surface area (TPSA) is 66.4 Å². The third-order valence-electron chi connectivity index (χ3n) is 2.59. The van der Waals surface area contributed by atoms with Crippen LogP contribution in [0.3, 0.4) is 0 Å². The van der Waals surface area contributed by atoms with Crippen molar-refractivity contribution in [3.8, 4) is 0 Å². The molecule has 0 aromatic heterocycles. The van der Waals surface area contributed by atoms with Crippen molar-refractivity contribution in [2.75, 3.05) is 6.61 Å². The summed E-state index contributed by atoms with van der Waals surface area (Å²) in [4.78, 5) is 0.263. The van der Waals surface area contributed by atoms with Gasteiger partial charge in [0.25, 0.3) is 0 Å². The second-order valence-corrected chi connectivity index (χ2v) is 6.87. The number of hydrogen-bond donors (Lipinski definition) is 2. The van der Waals surface area contributed by atoms with Crippen LogP contribution < -0.4 is 4.72 Å². The van der Waals surface area contributed by atoms with Crippen LogP contribution >= 0.6 is 15.9 Å². The molecule has 18 heavy (non-hydrogen) atoms. The molecule has 0 amide bonds. The van der Waals surface area contributed by atoms with Crippen molar-refractivity contribution in [3.63, 3.8) is 0 Å². The lowest BCUT2D eigenvalue weighted by molar-refractivity contribution is 0.279. The van der Waals surface area contributed by atoms with E-state index in [1.165, 1.54) is 0 Å². The Morgan fingerprint density at radius 1 is 1.44 bits per heavy atom. The van der Waals surface area contributed by atoms with Crippen LogP contribution in [0.2, 0.25) is 0 Å². The summed E-state index contributed by atoms with van der Waals surface area (Å²) < 4.78 is 27.6. The fourth-order valence-electron chi connectivity index (χ4n) is 1.57. The Morgan fingerprint density at radius 3 is 2.67 bits per heavy atom. The van der Waals surface area contributed by atoms with E-state index in [0.717, 1.165) is 10.0 Å². The summed E-state index contributed by atoms with van der Waals surface area (Å²) in [6, 6.07) is 4.73. The predicted molar refractivity (Wildman–Crippen MR) is 75.0 cm³/mol. The average molecular weight is 336 g/mol. The Morgan fingerprint density at radius 2 is 2.11 bits per heavy atom. The number of benzene rings is 1. The molecule has 1 aromatic rings. The Balaban J connectivity index is 2.83. The van der Waals surface area contributed by atoms with Gasteiger partial charge in [-0.3, -0.25) is 0 Å². The van der Waals surface area contributed by atoms with Crippen molar-refractivity contribution in [1.82, 2.24) is 4.72 Å². The SMILES string of the molecule is Cc1cc(S(=O)(=O)NC(C)CCCO)ccc1Br. The van der Waals surface area contributed by atoms with Gasteiger partial charge >= 0.3 is 0 Å². The quantitative estimate of drug-likeness (QED) is 0.837. The number of aliphatic hydroxyl groups excluding tert-OH is 1. The van der Waals surface area contributed by atoms with Gasteiger partial charge in [-0.2, -0.15) is 0 Å². The molecule has 0 fully saturated rings. The predicted octanol–water partition coefficient (Wildman–Crippen LogP) is 2.20. The lowest BCUT2D eigenvalue weighted by Gasteiger charge is -2.14. The molecule has 1 aromatic carbocycles. The maximum atomic E-state index is 12.1. The number of sulfonamides is 1. The number of halogens is 1. The number of aliphatic hydroxyl groups is 1. The van der Waals surface area contributed by atoms with Crippen LogP contribution in [0, 0.1) is 6.92 Å². The lowest BCUT2D eigenvalue weighted by atomic mass is 10.2. The fourth-order valence-corrected chi connectivity index (χ4v) is 3.18. The summed E-state index contributed by atoms with van der Waals surface area (Å²) in [5.74, 6) is 0. The van der Waals surface area contributed by atoms with Crippen molar-refractivity contribution in [3.05, 3.63) is 28.2 Å². The van der Waals surface area contributed by atoms with E-state index in [0.29, 0.717) is 12.8 Å². The molecule has 0 aliphatic carbocycles. The van der Waals surface area contributed by atoms with E-state index in [2.05, 4.69) is 20.7 Å². The minimum absolute atomic E-state index is 0.0729. The van der Waals surface area contributed by atoms with E-state index in [-0.39, 0.29) is 17.5 Å². The fraction of sp³-hybridized carbons (Fsp3) is 0.500. The van der Waals surface area contributed by atoms with Crippen molar-refractivity contribution in [2.24, 2.45) is 0 Å². The smallest absolute Gasteiger partial charge is 0.240 e. The molecule has 1 rings (SSSR count). The van der Waals surface area contributed by atoms with E-state index < -0.39 is 10.0 Å². The Labute approximate surface area is 117 Å². The lowest BCUT2D eigenvalue weighted by Crippen LogP contribution is -2.32. The largest absolute Gasteiger partial charge is 0.396 e. The normalized spacial score (nSPS) is 13.6. The highest BCUT2D eigenvalue weighted by atomic mass is 79.9. The van der Waals surface area contributed by atoms with E-state index >= 15 is 0 Å². The summed E-state index contributed by atoms with van der Waals surface area (Å²) >= 11 is 3.34. The first-order valence-electron chi connectivity index (χ1n) is 5.76. The molecule has 2 N–H and O–H groups in total. The van der Waals surface area contributed by atoms with Gasteiger partial charge in [-0.05, 0) is 50.5 Å². The van der Waals surface area contributed by atoms with Gasteiger partial charge in [0, 0.05) is 17.1 Å². The van der Waals surface area contributed by atoms with E-state index in [4.69, 9.17) is 5.11 Å². The summed E-state index contributed by atoms with van der Waals surface area (Å²) in [5.41, 5.74) is 0.876. The third-order valence-corrected chi connectivity index (χ3v) is 5.07. The third kappa shape index (κ3) is 4.35. The minimum atomic E-state index is -3.48. The van der Waals surface area contributed by atoms with Crippen LogP contribution in [0.15, 0.2) is 27.6 Å². The molecule has 0 spiro atoms. The Bertz CT molecular complexity index is 502. The van der Waals surface area contributed by atoms with E-state index in [1.807, 2.05) is 6.92 Å². The van der Waals surface area contributed by atoms with Crippen molar-refractivity contribution < 1.29 is 13.5 Å². The highest BCUT2D eigenvalue weighted by Gasteiger charge is 2.17. The monoisotopic (exact) mass is 335 g/mol. The zero-order valence-corrected chi connectivity index (χ0v) is 12.9. The van der Waals surface area contributed by atoms with Crippen LogP contribution in [-0.2, 0) is 10.0 Å². The first-order chi connectivity index (χ1) is 8.36. The highest BCUT2D eigenvalue weighted by Crippen LogP contribution is 2.20. The second kappa shape index (κ2) is 6.65. The molecule has 102 valence electrons. The van der Waals surface area contributed by atoms with Crippen LogP contribution in [0.25, 0.3) is 0 Å². The molecular formula is C12H18BrNO3S. The Hall–Kier alpha value is -0.430. The van der Waals surface area contributed by atoms with Gasteiger partial charge < -0.3 is 5.11 Å². The number of rotatable bonds is 6. The minimum Gasteiger partial charge on any atom is -0.396 e. The van der Waals surface area contributed by atoms with Gasteiger partial charge in [0.2, 0.25) is 10.0 Å². The molecule has 0 radical (unpaired) electrons. The van der Waals surface area contributed by atoms with Crippen LogP contribution in [-0.4, -0.2) is 26.2 Å². The summed E-state index contributed by atoms with van der Waals surface area (Å²) in [6.45, 7) is 3.71. The maximum absolute atomic E-state index is 12.1. The summed E-state index contributed by atoms with van der Waals surface area (Å²) in [6.07, 6.45) is 1.20. The van der Waals surface area contributed by atoms with Gasteiger partial charge in [0.15, 0.2) is 0 Å². The molecule has 0 bridgehead atoms. The van der Waals surface area contributed by atoms with E-state index in [9.17, 15) is 8.42 Å². The van der Waals surface area contributed by atoms with E-state index in [1.54, 1.807) is 25.1 Å². The van der Waals surface area contributed by atoms with Crippen molar-refractivity contribution in [1.29, 1.82) is 0 Å². The first kappa shape index (κ1) is 15.6. The maximum Gasteiger partial charge on any atom is 0.240 e. The van der Waals surface area contributed by atoms with Gasteiger partial charge in [-0.25, -0.2) is 13.1 Å². The number of hydrogen-bond acceptors (Lipinski definition) is 3. The number of aryl methyl sites for hydroxylation is 1. The van der Waals surface area contributed by atoms with Crippen LogP contribution in [0.1, 0.15) is 25.3 Å². The molecule has 0 saturated carbocycles. The summed E-state index contributed by atoms with van der Waals surface area (Å²) in [7, 11) is -3.48.